The van der Waals surface area contributed by atoms with Crippen LogP contribution in [0.2, 0.25) is 0 Å². The molecule has 2 saturated heterocycles. The second-order valence-electron chi connectivity index (χ2n) is 5.36. The van der Waals surface area contributed by atoms with Gasteiger partial charge in [-0.2, -0.15) is 0 Å². The molecule has 0 aromatic heterocycles. The lowest BCUT2D eigenvalue weighted by Gasteiger charge is -2.34. The molecule has 2 heterocycles. The molecule has 0 bridgehead atoms. The zero-order chi connectivity index (χ0) is 14.0. The largest absolute Gasteiger partial charge is 0.392 e. The maximum Gasteiger partial charge on any atom is 0.239 e. The Labute approximate surface area is 113 Å². The van der Waals surface area contributed by atoms with Crippen LogP contribution in [0.5, 0.6) is 0 Å². The van der Waals surface area contributed by atoms with Crippen molar-refractivity contribution in [1.82, 2.24) is 14.9 Å². The number of likely N-dealkylation sites (tertiary alicyclic amines) is 1. The molecule has 7 nitrogen and oxygen atoms in total. The van der Waals surface area contributed by atoms with Gasteiger partial charge in [-0.05, 0) is 19.3 Å². The lowest BCUT2D eigenvalue weighted by atomic mass is 10.0. The predicted octanol–water partition coefficient (Wildman–Crippen LogP) is -1.75. The molecule has 3 N–H and O–H groups in total. The Morgan fingerprint density at radius 1 is 1.47 bits per heavy atom. The number of aliphatic hydroxyl groups is 1. The number of amides is 1. The lowest BCUT2D eigenvalue weighted by Crippen LogP contribution is -2.53. The van der Waals surface area contributed by atoms with Crippen LogP contribution >= 0.6 is 0 Å². The van der Waals surface area contributed by atoms with Crippen molar-refractivity contribution in [2.75, 3.05) is 25.9 Å². The van der Waals surface area contributed by atoms with E-state index in [4.69, 9.17) is 0 Å². The number of aliphatic hydroxyl groups excluding tert-OH is 1. The minimum absolute atomic E-state index is 0.0449. The summed E-state index contributed by atoms with van der Waals surface area (Å²) in [5.41, 5.74) is 0. The number of nitrogens with zero attached hydrogens (tertiary/aromatic N) is 1. The van der Waals surface area contributed by atoms with E-state index in [-0.39, 0.29) is 18.0 Å². The van der Waals surface area contributed by atoms with Gasteiger partial charge in [0.2, 0.25) is 15.9 Å². The lowest BCUT2D eigenvalue weighted by molar-refractivity contribution is -0.134. The fraction of sp³-hybridized carbons (Fsp3) is 0.909. The first-order valence-corrected chi connectivity index (χ1v) is 8.42. The van der Waals surface area contributed by atoms with Gasteiger partial charge in [-0.25, -0.2) is 13.1 Å². The minimum Gasteiger partial charge on any atom is -0.392 e. The number of carbonyl (C=O) groups excluding carboxylic acids is 1. The van der Waals surface area contributed by atoms with E-state index in [1.54, 1.807) is 4.90 Å². The van der Waals surface area contributed by atoms with Crippen molar-refractivity contribution in [3.05, 3.63) is 0 Å². The number of hydrogen-bond acceptors (Lipinski definition) is 5. The van der Waals surface area contributed by atoms with Crippen molar-refractivity contribution in [3.63, 3.8) is 0 Å². The molecule has 3 atom stereocenters. The van der Waals surface area contributed by atoms with Gasteiger partial charge in [-0.3, -0.25) is 4.79 Å². The summed E-state index contributed by atoms with van der Waals surface area (Å²) in [6.07, 6.45) is 2.62. The third kappa shape index (κ3) is 4.13. The molecule has 0 aliphatic carbocycles. The summed E-state index contributed by atoms with van der Waals surface area (Å²) in [4.78, 5) is 13.9. The molecule has 0 spiro atoms. The fourth-order valence-corrected chi connectivity index (χ4v) is 3.50. The normalized spacial score (nSPS) is 32.5. The van der Waals surface area contributed by atoms with Gasteiger partial charge in [0.15, 0.2) is 0 Å². The monoisotopic (exact) mass is 291 g/mol. The van der Waals surface area contributed by atoms with Gasteiger partial charge in [-0.1, -0.05) is 0 Å². The molecular weight excluding hydrogens is 270 g/mol. The van der Waals surface area contributed by atoms with Crippen LogP contribution in [0.1, 0.15) is 19.3 Å². The van der Waals surface area contributed by atoms with Crippen LogP contribution in [-0.4, -0.2) is 68.4 Å². The van der Waals surface area contributed by atoms with E-state index in [2.05, 4.69) is 10.0 Å². The molecule has 8 heteroatoms. The van der Waals surface area contributed by atoms with Crippen LogP contribution in [0.4, 0.5) is 0 Å². The van der Waals surface area contributed by atoms with Crippen LogP contribution in [0, 0.1) is 0 Å². The van der Waals surface area contributed by atoms with Crippen LogP contribution in [0.25, 0.3) is 0 Å². The molecule has 0 aromatic carbocycles. The number of rotatable bonds is 3. The number of carbonyl (C=O) groups is 1. The molecule has 3 unspecified atom stereocenters. The van der Waals surface area contributed by atoms with Crippen LogP contribution < -0.4 is 10.0 Å². The van der Waals surface area contributed by atoms with Gasteiger partial charge in [0.05, 0.1) is 18.4 Å². The molecule has 0 saturated carbocycles. The summed E-state index contributed by atoms with van der Waals surface area (Å²) in [7, 11) is -3.24. The Kier molecular flexibility index (Phi) is 4.44. The quantitative estimate of drug-likeness (QED) is 0.573. The molecule has 2 aliphatic rings. The first-order valence-electron chi connectivity index (χ1n) is 6.52. The topological polar surface area (TPSA) is 98.7 Å². The standard InChI is InChI=1S/C11H21N3O4S/c1-19(17,18)13-8-3-2-4-14(7-8)11(16)10-5-9(15)6-12-10/h8-10,12-13,15H,2-7H2,1H3. The fourth-order valence-electron chi connectivity index (χ4n) is 2.70. The highest BCUT2D eigenvalue weighted by Gasteiger charge is 2.33. The summed E-state index contributed by atoms with van der Waals surface area (Å²) >= 11 is 0. The number of nitrogens with one attached hydrogen (secondary N) is 2. The van der Waals surface area contributed by atoms with Crippen molar-refractivity contribution in [1.29, 1.82) is 0 Å². The Bertz CT molecular complexity index is 439. The van der Waals surface area contributed by atoms with Gasteiger partial charge in [-0.15, -0.1) is 0 Å². The summed E-state index contributed by atoms with van der Waals surface area (Å²) < 4.78 is 25.0. The molecule has 2 aliphatic heterocycles. The first kappa shape index (κ1) is 14.7. The van der Waals surface area contributed by atoms with Crippen molar-refractivity contribution in [3.8, 4) is 0 Å². The van der Waals surface area contributed by atoms with E-state index in [0.29, 0.717) is 26.1 Å². The predicted molar refractivity (Wildman–Crippen MR) is 70.0 cm³/mol. The Morgan fingerprint density at radius 3 is 2.79 bits per heavy atom. The van der Waals surface area contributed by atoms with Crippen molar-refractivity contribution < 1.29 is 18.3 Å². The van der Waals surface area contributed by atoms with Crippen molar-refractivity contribution >= 4 is 15.9 Å². The molecule has 19 heavy (non-hydrogen) atoms. The summed E-state index contributed by atoms with van der Waals surface area (Å²) in [5, 5.41) is 12.4. The van der Waals surface area contributed by atoms with E-state index in [1.807, 2.05) is 0 Å². The third-order valence-electron chi connectivity index (χ3n) is 3.52. The summed E-state index contributed by atoms with van der Waals surface area (Å²) in [6, 6.07) is -0.550. The zero-order valence-electron chi connectivity index (χ0n) is 11.0. The Hall–Kier alpha value is -0.700. The highest BCUT2D eigenvalue weighted by molar-refractivity contribution is 7.88. The molecule has 0 aromatic rings. The zero-order valence-corrected chi connectivity index (χ0v) is 11.8. The van der Waals surface area contributed by atoms with E-state index in [0.717, 1.165) is 19.1 Å². The maximum atomic E-state index is 12.2. The van der Waals surface area contributed by atoms with Crippen molar-refractivity contribution in [2.24, 2.45) is 0 Å². The molecule has 110 valence electrons. The SMILES string of the molecule is CS(=O)(=O)NC1CCCN(C(=O)C2CC(O)CN2)C1. The molecule has 2 rings (SSSR count). The average Bonchev–Trinajstić information content (AvgIpc) is 2.73. The summed E-state index contributed by atoms with van der Waals surface area (Å²) in [6.45, 7) is 1.49. The second-order valence-corrected chi connectivity index (χ2v) is 7.14. The van der Waals surface area contributed by atoms with E-state index < -0.39 is 16.1 Å². The van der Waals surface area contributed by atoms with Gasteiger partial charge in [0.25, 0.3) is 0 Å². The van der Waals surface area contributed by atoms with Crippen LogP contribution in [-0.2, 0) is 14.8 Å². The number of β-amino-alcohol motifs (C(OH)–C–C–N with tert-alkyl or cyclic N) is 1. The first-order chi connectivity index (χ1) is 8.85. The molecule has 2 fully saturated rings. The highest BCUT2D eigenvalue weighted by Crippen LogP contribution is 2.15. The number of sulfonamides is 1. The number of hydrogen-bond donors (Lipinski definition) is 3. The Morgan fingerprint density at radius 2 is 2.21 bits per heavy atom. The second kappa shape index (κ2) is 5.74. The smallest absolute Gasteiger partial charge is 0.239 e. The third-order valence-corrected chi connectivity index (χ3v) is 4.28. The maximum absolute atomic E-state index is 12.2. The minimum atomic E-state index is -3.24. The molecular formula is C11H21N3O4S. The van der Waals surface area contributed by atoms with Gasteiger partial charge < -0.3 is 15.3 Å². The van der Waals surface area contributed by atoms with Gasteiger partial charge in [0, 0.05) is 25.7 Å². The van der Waals surface area contributed by atoms with E-state index in [9.17, 15) is 18.3 Å². The van der Waals surface area contributed by atoms with Gasteiger partial charge >= 0.3 is 0 Å². The van der Waals surface area contributed by atoms with Gasteiger partial charge in [0.1, 0.15) is 0 Å². The van der Waals surface area contributed by atoms with E-state index >= 15 is 0 Å². The Balaban J connectivity index is 1.91. The highest BCUT2D eigenvalue weighted by atomic mass is 32.2. The molecule has 0 radical (unpaired) electrons. The van der Waals surface area contributed by atoms with Crippen LogP contribution in [0.3, 0.4) is 0 Å². The number of piperidine rings is 1. The van der Waals surface area contributed by atoms with Crippen molar-refractivity contribution in [2.45, 2.75) is 37.5 Å². The summed E-state index contributed by atoms with van der Waals surface area (Å²) in [5.74, 6) is -0.0449. The van der Waals surface area contributed by atoms with E-state index in [1.165, 1.54) is 0 Å². The van der Waals surface area contributed by atoms with Crippen LogP contribution in [0.15, 0.2) is 0 Å². The average molecular weight is 291 g/mol. The molecule has 1 amide bonds.